The molecular weight excluding hydrogens is 332 g/mol. The summed E-state index contributed by atoms with van der Waals surface area (Å²) in [6.07, 6.45) is 4.44. The third-order valence-electron chi connectivity index (χ3n) is 4.12. The fourth-order valence-corrected chi connectivity index (χ4v) is 2.75. The molecule has 2 heterocycles. The lowest BCUT2D eigenvalue weighted by Gasteiger charge is -2.03. The van der Waals surface area contributed by atoms with E-state index in [-0.39, 0.29) is 5.43 Å². The van der Waals surface area contributed by atoms with Gasteiger partial charge in [-0.2, -0.15) is 0 Å². The van der Waals surface area contributed by atoms with Crippen molar-refractivity contribution in [3.8, 4) is 5.75 Å². The van der Waals surface area contributed by atoms with Gasteiger partial charge < -0.3 is 13.9 Å². The number of rotatable bonds is 3. The second-order valence-electron chi connectivity index (χ2n) is 5.74. The van der Waals surface area contributed by atoms with E-state index in [2.05, 4.69) is 0 Å². The van der Waals surface area contributed by atoms with Crippen LogP contribution in [0.4, 0.5) is 0 Å². The SMILES string of the molecule is COc1ccc(C2=C/C(=C\c3coc4ccccc4c3=O)C(=O)O2)cc1. The van der Waals surface area contributed by atoms with Gasteiger partial charge in [-0.15, -0.1) is 0 Å². The summed E-state index contributed by atoms with van der Waals surface area (Å²) in [5.74, 6) is 0.626. The Hall–Kier alpha value is -3.60. The average molecular weight is 346 g/mol. The summed E-state index contributed by atoms with van der Waals surface area (Å²) in [7, 11) is 1.58. The first kappa shape index (κ1) is 15.9. The van der Waals surface area contributed by atoms with Crippen molar-refractivity contribution in [2.24, 2.45) is 0 Å². The van der Waals surface area contributed by atoms with Crippen LogP contribution in [-0.2, 0) is 9.53 Å². The molecule has 0 unspecified atom stereocenters. The van der Waals surface area contributed by atoms with Crippen molar-refractivity contribution in [2.75, 3.05) is 7.11 Å². The van der Waals surface area contributed by atoms with Crippen molar-refractivity contribution in [3.05, 3.63) is 87.8 Å². The van der Waals surface area contributed by atoms with Crippen LogP contribution in [0.1, 0.15) is 11.1 Å². The molecule has 0 radical (unpaired) electrons. The van der Waals surface area contributed by atoms with Crippen molar-refractivity contribution < 1.29 is 18.7 Å². The van der Waals surface area contributed by atoms with Crippen molar-refractivity contribution in [1.29, 1.82) is 0 Å². The van der Waals surface area contributed by atoms with Gasteiger partial charge in [0.1, 0.15) is 23.4 Å². The van der Waals surface area contributed by atoms with E-state index in [1.54, 1.807) is 61.7 Å². The normalized spacial score (nSPS) is 15.2. The van der Waals surface area contributed by atoms with E-state index in [4.69, 9.17) is 13.9 Å². The molecule has 2 aromatic carbocycles. The molecule has 0 N–H and O–H groups in total. The molecule has 128 valence electrons. The van der Waals surface area contributed by atoms with Crippen molar-refractivity contribution in [3.63, 3.8) is 0 Å². The molecule has 5 heteroatoms. The van der Waals surface area contributed by atoms with Crippen molar-refractivity contribution in [1.82, 2.24) is 0 Å². The van der Waals surface area contributed by atoms with Gasteiger partial charge in [-0.05, 0) is 48.6 Å². The Bertz CT molecular complexity index is 1120. The minimum Gasteiger partial charge on any atom is -0.497 e. The third-order valence-corrected chi connectivity index (χ3v) is 4.12. The van der Waals surface area contributed by atoms with Gasteiger partial charge in [0, 0.05) is 5.56 Å². The van der Waals surface area contributed by atoms with Gasteiger partial charge >= 0.3 is 5.97 Å². The van der Waals surface area contributed by atoms with E-state index in [1.165, 1.54) is 12.3 Å². The quantitative estimate of drug-likeness (QED) is 0.533. The second kappa shape index (κ2) is 6.37. The Labute approximate surface area is 148 Å². The highest BCUT2D eigenvalue weighted by atomic mass is 16.5. The highest BCUT2D eigenvalue weighted by molar-refractivity contribution is 6.05. The zero-order valence-corrected chi connectivity index (χ0v) is 13.9. The molecule has 0 atom stereocenters. The van der Waals surface area contributed by atoms with Gasteiger partial charge in [-0.25, -0.2) is 4.79 Å². The molecule has 0 spiro atoms. The van der Waals surface area contributed by atoms with E-state index < -0.39 is 5.97 Å². The first-order valence-electron chi connectivity index (χ1n) is 7.96. The Kier molecular flexibility index (Phi) is 3.89. The molecule has 0 fully saturated rings. The predicted molar refractivity (Wildman–Crippen MR) is 97.5 cm³/mol. The van der Waals surface area contributed by atoms with Crippen LogP contribution in [0.2, 0.25) is 0 Å². The standard InChI is InChI=1S/C21H14O5/c1-24-16-8-6-13(7-9-16)19-11-14(21(23)26-19)10-15-12-25-18-5-3-2-4-17(18)20(15)22/h2-12H,1H3/b14-10+. The summed E-state index contributed by atoms with van der Waals surface area (Å²) >= 11 is 0. The highest BCUT2D eigenvalue weighted by Gasteiger charge is 2.22. The fourth-order valence-electron chi connectivity index (χ4n) is 2.75. The van der Waals surface area contributed by atoms with Crippen LogP contribution in [0.15, 0.2) is 75.7 Å². The van der Waals surface area contributed by atoms with Gasteiger partial charge in [0.15, 0.2) is 5.43 Å². The number of fused-ring (bicyclic) bond motifs is 1. The first-order valence-corrected chi connectivity index (χ1v) is 7.96. The number of ether oxygens (including phenoxy) is 2. The van der Waals surface area contributed by atoms with Crippen LogP contribution in [0, 0.1) is 0 Å². The van der Waals surface area contributed by atoms with Gasteiger partial charge in [0.2, 0.25) is 0 Å². The summed E-state index contributed by atoms with van der Waals surface area (Å²) in [5.41, 5.74) is 1.64. The maximum atomic E-state index is 12.6. The van der Waals surface area contributed by atoms with Crippen LogP contribution in [0.3, 0.4) is 0 Å². The Morgan fingerprint density at radius 3 is 2.54 bits per heavy atom. The van der Waals surface area contributed by atoms with Gasteiger partial charge in [-0.3, -0.25) is 4.79 Å². The lowest BCUT2D eigenvalue weighted by Crippen LogP contribution is -2.06. The Balaban J connectivity index is 1.73. The van der Waals surface area contributed by atoms with E-state index in [0.29, 0.717) is 33.6 Å². The number of para-hydroxylation sites is 1. The average Bonchev–Trinajstić information content (AvgIpc) is 3.05. The number of cyclic esters (lactones) is 1. The van der Waals surface area contributed by atoms with Crippen molar-refractivity contribution >= 4 is 28.8 Å². The van der Waals surface area contributed by atoms with E-state index >= 15 is 0 Å². The Morgan fingerprint density at radius 2 is 1.77 bits per heavy atom. The van der Waals surface area contributed by atoms with E-state index in [0.717, 1.165) is 5.56 Å². The smallest absolute Gasteiger partial charge is 0.343 e. The summed E-state index contributed by atoms with van der Waals surface area (Å²) in [5, 5.41) is 0.465. The zero-order chi connectivity index (χ0) is 18.1. The third kappa shape index (κ3) is 2.80. The molecule has 4 rings (SSSR count). The summed E-state index contributed by atoms with van der Waals surface area (Å²) in [4.78, 5) is 24.7. The number of methoxy groups -OCH3 is 1. The lowest BCUT2D eigenvalue weighted by molar-refractivity contribution is -0.130. The molecule has 1 aliphatic heterocycles. The molecule has 26 heavy (non-hydrogen) atoms. The molecule has 0 amide bonds. The number of benzene rings is 2. The Morgan fingerprint density at radius 1 is 1.00 bits per heavy atom. The molecular formula is C21H14O5. The largest absolute Gasteiger partial charge is 0.497 e. The number of carbonyl (C=O) groups is 1. The van der Waals surface area contributed by atoms with Crippen LogP contribution in [0.5, 0.6) is 5.75 Å². The number of hydrogen-bond donors (Lipinski definition) is 0. The number of hydrogen-bond acceptors (Lipinski definition) is 5. The van der Waals surface area contributed by atoms with Gasteiger partial charge in [0.25, 0.3) is 0 Å². The van der Waals surface area contributed by atoms with Crippen LogP contribution in [0.25, 0.3) is 22.8 Å². The van der Waals surface area contributed by atoms with Crippen LogP contribution >= 0.6 is 0 Å². The monoisotopic (exact) mass is 346 g/mol. The van der Waals surface area contributed by atoms with Gasteiger partial charge in [-0.1, -0.05) is 12.1 Å². The molecule has 5 nitrogen and oxygen atoms in total. The minimum atomic E-state index is -0.511. The number of carbonyl (C=O) groups excluding carboxylic acids is 1. The summed E-state index contributed by atoms with van der Waals surface area (Å²) in [6, 6.07) is 14.1. The maximum Gasteiger partial charge on any atom is 0.343 e. The summed E-state index contributed by atoms with van der Waals surface area (Å²) in [6.45, 7) is 0. The van der Waals surface area contributed by atoms with Crippen LogP contribution in [-0.4, -0.2) is 13.1 Å². The fraction of sp³-hybridized carbons (Fsp3) is 0.0476. The minimum absolute atomic E-state index is 0.196. The van der Waals surface area contributed by atoms with Crippen LogP contribution < -0.4 is 10.2 Å². The topological polar surface area (TPSA) is 65.7 Å². The maximum absolute atomic E-state index is 12.6. The van der Waals surface area contributed by atoms with Gasteiger partial charge in [0.05, 0.1) is 23.6 Å². The zero-order valence-electron chi connectivity index (χ0n) is 13.9. The first-order chi connectivity index (χ1) is 12.7. The molecule has 0 saturated carbocycles. The van der Waals surface area contributed by atoms with E-state index in [9.17, 15) is 9.59 Å². The molecule has 0 bridgehead atoms. The molecule has 0 saturated heterocycles. The second-order valence-corrected chi connectivity index (χ2v) is 5.74. The molecule has 1 aromatic heterocycles. The molecule has 3 aromatic rings. The van der Waals surface area contributed by atoms with E-state index in [1.807, 2.05) is 0 Å². The molecule has 1 aliphatic rings. The summed E-state index contributed by atoms with van der Waals surface area (Å²) < 4.78 is 15.9. The lowest BCUT2D eigenvalue weighted by atomic mass is 10.1. The predicted octanol–water partition coefficient (Wildman–Crippen LogP) is 3.78. The van der Waals surface area contributed by atoms with Crippen molar-refractivity contribution in [2.45, 2.75) is 0 Å². The molecule has 0 aliphatic carbocycles. The number of esters is 1. The highest BCUT2D eigenvalue weighted by Crippen LogP contribution is 2.28.